The summed E-state index contributed by atoms with van der Waals surface area (Å²) in [5.74, 6) is 0. The topological polar surface area (TPSA) is 44.4 Å². The summed E-state index contributed by atoms with van der Waals surface area (Å²) in [5, 5.41) is 8.98. The van der Waals surface area contributed by atoms with Crippen LogP contribution in [0.15, 0.2) is 177 Å². The second kappa shape index (κ2) is 10.3. The molecule has 0 aliphatic rings. The van der Waals surface area contributed by atoms with Crippen LogP contribution in [0.2, 0.25) is 0 Å². The number of benzene rings is 8. The molecule has 12 rings (SSSR count). The summed E-state index contributed by atoms with van der Waals surface area (Å²) in [5.41, 5.74) is 13.0. The van der Waals surface area contributed by atoms with Gasteiger partial charge in [-0.25, -0.2) is 0 Å². The molecule has 242 valence electrons. The molecule has 0 fully saturated rings. The van der Waals surface area contributed by atoms with Crippen LogP contribution in [0.4, 0.5) is 0 Å². The lowest BCUT2D eigenvalue weighted by atomic mass is 10.0. The maximum absolute atomic E-state index is 6.64. The van der Waals surface area contributed by atoms with Crippen molar-refractivity contribution in [1.82, 2.24) is 4.57 Å². The van der Waals surface area contributed by atoms with Crippen molar-refractivity contribution in [3.8, 4) is 27.9 Å². The van der Waals surface area contributed by atoms with Crippen LogP contribution in [0.3, 0.4) is 0 Å². The van der Waals surface area contributed by atoms with E-state index in [-0.39, 0.29) is 0 Å². The number of furan rings is 3. The van der Waals surface area contributed by atoms with E-state index < -0.39 is 0 Å². The quantitative estimate of drug-likeness (QED) is 0.189. The Kier molecular flexibility index (Phi) is 5.47. The second-order valence-electron chi connectivity index (χ2n) is 13.7. The summed E-state index contributed by atoms with van der Waals surface area (Å²) in [6, 6.07) is 57.8. The summed E-state index contributed by atoms with van der Waals surface area (Å²) >= 11 is 0. The van der Waals surface area contributed by atoms with Crippen molar-refractivity contribution in [2.45, 2.75) is 0 Å². The Labute approximate surface area is 296 Å². The SMILES string of the molecule is c1ccc(-c2ccc3c(c2)c2ccccc2n3-c2ccc3c(c2)oc2cc4oc5c(-c6ccc7c(c6)oc6ccccc67)cccc5c4cc23)cc1. The van der Waals surface area contributed by atoms with E-state index in [0.717, 1.165) is 93.7 Å². The van der Waals surface area contributed by atoms with Crippen LogP contribution < -0.4 is 0 Å². The summed E-state index contributed by atoms with van der Waals surface area (Å²) in [6.45, 7) is 0. The third kappa shape index (κ3) is 3.86. The highest BCUT2D eigenvalue weighted by Crippen LogP contribution is 2.42. The van der Waals surface area contributed by atoms with Crippen LogP contribution in [0.1, 0.15) is 0 Å². The highest BCUT2D eigenvalue weighted by molar-refractivity contribution is 6.18. The predicted octanol–water partition coefficient (Wildman–Crippen LogP) is 13.8. The summed E-state index contributed by atoms with van der Waals surface area (Å²) in [7, 11) is 0. The standard InChI is InChI=1S/C48H27NO3/c1-2-9-28(10-3-1)29-18-22-42-38(23-29)33-11-4-6-15-41(33)49(42)31-19-21-36-39-26-40-37-14-8-13-32(48(37)52-47(40)27-46(39)51-45(36)25-31)30-17-20-35-34-12-5-7-16-43(34)50-44(35)24-30/h1-27H. The zero-order valence-corrected chi connectivity index (χ0v) is 27.8. The monoisotopic (exact) mass is 665 g/mol. The van der Waals surface area contributed by atoms with E-state index in [4.69, 9.17) is 13.3 Å². The van der Waals surface area contributed by atoms with Gasteiger partial charge in [0.1, 0.15) is 33.5 Å². The maximum atomic E-state index is 6.64. The third-order valence-electron chi connectivity index (χ3n) is 10.8. The number of nitrogens with zero attached hydrogens (tertiary/aromatic N) is 1. The van der Waals surface area contributed by atoms with Crippen LogP contribution in [-0.2, 0) is 0 Å². The minimum atomic E-state index is 0.802. The molecular weight excluding hydrogens is 639 g/mol. The zero-order chi connectivity index (χ0) is 33.9. The average Bonchev–Trinajstić information content (AvgIpc) is 3.95. The molecule has 0 aliphatic heterocycles. The molecule has 0 aliphatic carbocycles. The first kappa shape index (κ1) is 27.7. The van der Waals surface area contributed by atoms with Gasteiger partial charge < -0.3 is 17.8 Å². The molecule has 0 bridgehead atoms. The predicted molar refractivity (Wildman–Crippen MR) is 213 cm³/mol. The Hall–Kier alpha value is -7.04. The molecule has 8 aromatic carbocycles. The van der Waals surface area contributed by atoms with E-state index in [9.17, 15) is 0 Å². The van der Waals surface area contributed by atoms with Gasteiger partial charge in [-0.1, -0.05) is 97.1 Å². The molecule has 4 heterocycles. The van der Waals surface area contributed by atoms with Crippen molar-refractivity contribution in [3.05, 3.63) is 164 Å². The number of fused-ring (bicyclic) bond motifs is 12. The number of hydrogen-bond donors (Lipinski definition) is 0. The number of aromatic nitrogens is 1. The molecule has 4 heteroatoms. The van der Waals surface area contributed by atoms with Crippen molar-refractivity contribution >= 4 is 87.6 Å². The van der Waals surface area contributed by atoms with E-state index in [1.54, 1.807) is 0 Å². The zero-order valence-electron chi connectivity index (χ0n) is 27.8. The van der Waals surface area contributed by atoms with Crippen molar-refractivity contribution in [1.29, 1.82) is 0 Å². The van der Waals surface area contributed by atoms with Crippen LogP contribution in [0, 0.1) is 0 Å². The molecule has 0 radical (unpaired) electrons. The number of rotatable bonds is 3. The Balaban J connectivity index is 0.998. The third-order valence-corrected chi connectivity index (χ3v) is 10.8. The molecule has 0 spiro atoms. The van der Waals surface area contributed by atoms with Gasteiger partial charge in [0.15, 0.2) is 0 Å². The van der Waals surface area contributed by atoms with Gasteiger partial charge in [0.05, 0.1) is 11.0 Å². The van der Waals surface area contributed by atoms with Gasteiger partial charge in [-0.05, 0) is 71.3 Å². The molecule has 0 unspecified atom stereocenters. The highest BCUT2D eigenvalue weighted by Gasteiger charge is 2.19. The Morgan fingerprint density at radius 1 is 0.308 bits per heavy atom. The first-order chi connectivity index (χ1) is 25.7. The minimum absolute atomic E-state index is 0.802. The minimum Gasteiger partial charge on any atom is -0.456 e. The fraction of sp³-hybridized carbons (Fsp3) is 0. The molecule has 0 saturated heterocycles. The smallest absolute Gasteiger partial charge is 0.143 e. The van der Waals surface area contributed by atoms with Gasteiger partial charge in [0, 0.05) is 66.5 Å². The number of para-hydroxylation sites is 3. The van der Waals surface area contributed by atoms with Gasteiger partial charge in [0.25, 0.3) is 0 Å². The van der Waals surface area contributed by atoms with Crippen LogP contribution in [0.25, 0.3) is 116 Å². The fourth-order valence-electron chi connectivity index (χ4n) is 8.38. The van der Waals surface area contributed by atoms with Crippen LogP contribution in [0.5, 0.6) is 0 Å². The van der Waals surface area contributed by atoms with Crippen molar-refractivity contribution < 1.29 is 13.3 Å². The normalized spacial score (nSPS) is 12.2. The Morgan fingerprint density at radius 2 is 0.962 bits per heavy atom. The van der Waals surface area contributed by atoms with E-state index >= 15 is 0 Å². The lowest BCUT2D eigenvalue weighted by molar-refractivity contribution is 0.656. The molecule has 0 amide bonds. The van der Waals surface area contributed by atoms with Gasteiger partial charge >= 0.3 is 0 Å². The Morgan fingerprint density at radius 3 is 1.90 bits per heavy atom. The maximum Gasteiger partial charge on any atom is 0.143 e. The molecule has 4 nitrogen and oxygen atoms in total. The van der Waals surface area contributed by atoms with Crippen molar-refractivity contribution in [2.75, 3.05) is 0 Å². The summed E-state index contributed by atoms with van der Waals surface area (Å²) < 4.78 is 21.8. The van der Waals surface area contributed by atoms with Gasteiger partial charge in [-0.3, -0.25) is 0 Å². The van der Waals surface area contributed by atoms with Gasteiger partial charge in [-0.15, -0.1) is 0 Å². The average molecular weight is 666 g/mol. The largest absolute Gasteiger partial charge is 0.456 e. The van der Waals surface area contributed by atoms with E-state index in [0.29, 0.717) is 0 Å². The van der Waals surface area contributed by atoms with Crippen LogP contribution >= 0.6 is 0 Å². The van der Waals surface area contributed by atoms with Crippen molar-refractivity contribution in [2.24, 2.45) is 0 Å². The second-order valence-corrected chi connectivity index (χ2v) is 13.7. The fourth-order valence-corrected chi connectivity index (χ4v) is 8.38. The molecule has 52 heavy (non-hydrogen) atoms. The molecule has 0 saturated carbocycles. The van der Waals surface area contributed by atoms with Crippen molar-refractivity contribution in [3.63, 3.8) is 0 Å². The summed E-state index contributed by atoms with van der Waals surface area (Å²) in [4.78, 5) is 0. The molecule has 4 aromatic heterocycles. The lowest BCUT2D eigenvalue weighted by Gasteiger charge is -2.08. The summed E-state index contributed by atoms with van der Waals surface area (Å²) in [6.07, 6.45) is 0. The molecule has 0 atom stereocenters. The van der Waals surface area contributed by atoms with Gasteiger partial charge in [0.2, 0.25) is 0 Å². The van der Waals surface area contributed by atoms with E-state index in [2.05, 4.69) is 144 Å². The van der Waals surface area contributed by atoms with E-state index in [1.165, 1.54) is 21.9 Å². The first-order valence-electron chi connectivity index (χ1n) is 17.6. The molecule has 0 N–H and O–H groups in total. The Bertz CT molecular complexity index is 3410. The molecule has 12 aromatic rings. The lowest BCUT2D eigenvalue weighted by Crippen LogP contribution is -1.93. The first-order valence-corrected chi connectivity index (χ1v) is 17.6. The van der Waals surface area contributed by atoms with Crippen LogP contribution in [-0.4, -0.2) is 4.57 Å². The highest BCUT2D eigenvalue weighted by atomic mass is 16.3. The van der Waals surface area contributed by atoms with Gasteiger partial charge in [-0.2, -0.15) is 0 Å². The number of hydrogen-bond acceptors (Lipinski definition) is 3. The molecular formula is C48H27NO3. The van der Waals surface area contributed by atoms with E-state index in [1.807, 2.05) is 24.3 Å².